The van der Waals surface area contributed by atoms with Crippen LogP contribution in [0.25, 0.3) is 0 Å². The number of hydrogen-bond donors (Lipinski definition) is 1. The van der Waals surface area contributed by atoms with Crippen LogP contribution in [0.1, 0.15) is 23.6 Å². The van der Waals surface area contributed by atoms with Crippen LogP contribution in [0, 0.1) is 6.92 Å². The van der Waals surface area contributed by atoms with Crippen molar-refractivity contribution >= 4 is 0 Å². The highest BCUT2D eigenvalue weighted by molar-refractivity contribution is 5.25. The summed E-state index contributed by atoms with van der Waals surface area (Å²) in [5, 5.41) is 0. The van der Waals surface area contributed by atoms with Crippen LogP contribution in [0.3, 0.4) is 0 Å². The minimum atomic E-state index is 0.133. The Kier molecular flexibility index (Phi) is 4.75. The second kappa shape index (κ2) is 6.32. The van der Waals surface area contributed by atoms with Crippen molar-refractivity contribution in [1.29, 1.82) is 0 Å². The van der Waals surface area contributed by atoms with E-state index >= 15 is 0 Å². The summed E-state index contributed by atoms with van der Waals surface area (Å²) in [6.45, 7) is 7.75. The van der Waals surface area contributed by atoms with E-state index in [0.29, 0.717) is 0 Å². The lowest BCUT2D eigenvalue weighted by molar-refractivity contribution is 0.262. The smallest absolute Gasteiger partial charge is 0.0424 e. The average Bonchev–Trinajstić information content (AvgIpc) is 2.54. The molecule has 0 bridgehead atoms. The topological polar surface area (TPSA) is 32.5 Å². The molecule has 1 fully saturated rings. The van der Waals surface area contributed by atoms with E-state index in [0.717, 1.165) is 19.6 Å². The molecule has 0 amide bonds. The number of nitrogens with zero attached hydrogens (tertiary/aromatic N) is 2. The molecule has 1 aliphatic rings. The first-order valence-electron chi connectivity index (χ1n) is 6.88. The SMILES string of the molecule is Cc1cccc(C(N)CN2CCCN(C)CC2)c1. The van der Waals surface area contributed by atoms with E-state index in [1.54, 1.807) is 0 Å². The van der Waals surface area contributed by atoms with Crippen LogP contribution in [0.4, 0.5) is 0 Å². The summed E-state index contributed by atoms with van der Waals surface area (Å²) in [4.78, 5) is 4.90. The molecule has 100 valence electrons. The second-order valence-corrected chi connectivity index (χ2v) is 5.48. The molecule has 1 atom stereocenters. The molecule has 1 aromatic rings. The minimum Gasteiger partial charge on any atom is -0.323 e. The zero-order valence-electron chi connectivity index (χ0n) is 11.6. The van der Waals surface area contributed by atoms with Gasteiger partial charge in [0.15, 0.2) is 0 Å². The molecule has 2 N–H and O–H groups in total. The van der Waals surface area contributed by atoms with Crippen molar-refractivity contribution in [3.8, 4) is 0 Å². The van der Waals surface area contributed by atoms with Gasteiger partial charge in [0, 0.05) is 25.7 Å². The molecule has 0 radical (unpaired) electrons. The van der Waals surface area contributed by atoms with Crippen LogP contribution >= 0.6 is 0 Å². The lowest BCUT2D eigenvalue weighted by atomic mass is 10.0. The largest absolute Gasteiger partial charge is 0.323 e. The summed E-state index contributed by atoms with van der Waals surface area (Å²) in [7, 11) is 2.20. The summed E-state index contributed by atoms with van der Waals surface area (Å²) in [5.41, 5.74) is 8.87. The average molecular weight is 247 g/mol. The molecule has 18 heavy (non-hydrogen) atoms. The highest BCUT2D eigenvalue weighted by Crippen LogP contribution is 2.14. The predicted molar refractivity (Wildman–Crippen MR) is 76.7 cm³/mol. The minimum absolute atomic E-state index is 0.133. The highest BCUT2D eigenvalue weighted by Gasteiger charge is 2.15. The summed E-state index contributed by atoms with van der Waals surface area (Å²) in [6.07, 6.45) is 1.25. The second-order valence-electron chi connectivity index (χ2n) is 5.48. The van der Waals surface area contributed by atoms with Gasteiger partial charge in [-0.05, 0) is 39.0 Å². The molecule has 1 heterocycles. The van der Waals surface area contributed by atoms with Gasteiger partial charge in [0.25, 0.3) is 0 Å². The van der Waals surface area contributed by atoms with Gasteiger partial charge in [-0.1, -0.05) is 29.8 Å². The molecule has 1 unspecified atom stereocenters. The zero-order chi connectivity index (χ0) is 13.0. The number of likely N-dealkylation sites (N-methyl/N-ethyl adjacent to an activating group) is 1. The van der Waals surface area contributed by atoms with Crippen molar-refractivity contribution in [3.63, 3.8) is 0 Å². The maximum atomic E-state index is 6.33. The van der Waals surface area contributed by atoms with E-state index in [1.165, 1.54) is 30.6 Å². The van der Waals surface area contributed by atoms with Crippen LogP contribution in [0.5, 0.6) is 0 Å². The van der Waals surface area contributed by atoms with Crippen LogP contribution in [0.15, 0.2) is 24.3 Å². The standard InChI is InChI=1S/C15H25N3/c1-13-5-3-6-14(11-13)15(16)12-18-8-4-7-17(2)9-10-18/h3,5-6,11,15H,4,7-10,12,16H2,1-2H3. The fraction of sp³-hybridized carbons (Fsp3) is 0.600. The van der Waals surface area contributed by atoms with Gasteiger partial charge in [-0.15, -0.1) is 0 Å². The lowest BCUT2D eigenvalue weighted by Gasteiger charge is -2.24. The maximum Gasteiger partial charge on any atom is 0.0424 e. The van der Waals surface area contributed by atoms with E-state index in [4.69, 9.17) is 5.73 Å². The van der Waals surface area contributed by atoms with Gasteiger partial charge in [0.1, 0.15) is 0 Å². The monoisotopic (exact) mass is 247 g/mol. The Morgan fingerprint density at radius 3 is 2.83 bits per heavy atom. The van der Waals surface area contributed by atoms with Crippen LogP contribution in [0.2, 0.25) is 0 Å². The molecule has 3 heteroatoms. The third kappa shape index (κ3) is 3.80. The van der Waals surface area contributed by atoms with E-state index in [-0.39, 0.29) is 6.04 Å². The quantitative estimate of drug-likeness (QED) is 0.881. The fourth-order valence-electron chi connectivity index (χ4n) is 2.57. The number of nitrogens with two attached hydrogens (primary N) is 1. The predicted octanol–water partition coefficient (Wildman–Crippen LogP) is 1.63. The molecule has 3 nitrogen and oxygen atoms in total. The molecular formula is C15H25N3. The first-order valence-corrected chi connectivity index (χ1v) is 6.88. The molecule has 1 saturated heterocycles. The van der Waals surface area contributed by atoms with Gasteiger partial charge in [-0.2, -0.15) is 0 Å². The molecule has 0 aromatic heterocycles. The Morgan fingerprint density at radius 2 is 2.06 bits per heavy atom. The fourth-order valence-corrected chi connectivity index (χ4v) is 2.57. The van der Waals surface area contributed by atoms with Crippen LogP contribution in [-0.2, 0) is 0 Å². The molecular weight excluding hydrogens is 222 g/mol. The van der Waals surface area contributed by atoms with Crippen molar-refractivity contribution in [2.45, 2.75) is 19.4 Å². The Bertz CT molecular complexity index is 378. The molecule has 0 saturated carbocycles. The highest BCUT2D eigenvalue weighted by atomic mass is 15.2. The van der Waals surface area contributed by atoms with Gasteiger partial charge >= 0.3 is 0 Å². The normalized spacial score (nSPS) is 20.6. The Hall–Kier alpha value is -0.900. The van der Waals surface area contributed by atoms with Gasteiger partial charge in [0.05, 0.1) is 0 Å². The third-order valence-electron chi connectivity index (χ3n) is 3.74. The molecule has 1 aliphatic heterocycles. The number of rotatable bonds is 3. The van der Waals surface area contributed by atoms with Gasteiger partial charge < -0.3 is 15.5 Å². The number of benzene rings is 1. The summed E-state index contributed by atoms with van der Waals surface area (Å²) >= 11 is 0. The van der Waals surface area contributed by atoms with E-state index in [1.807, 2.05) is 0 Å². The van der Waals surface area contributed by atoms with Crippen LogP contribution < -0.4 is 5.73 Å². The van der Waals surface area contributed by atoms with Crippen molar-refractivity contribution in [1.82, 2.24) is 9.80 Å². The summed E-state index contributed by atoms with van der Waals surface area (Å²) < 4.78 is 0. The number of aryl methyl sites for hydroxylation is 1. The van der Waals surface area contributed by atoms with E-state index < -0.39 is 0 Å². The van der Waals surface area contributed by atoms with Gasteiger partial charge in [0.2, 0.25) is 0 Å². The van der Waals surface area contributed by atoms with Crippen LogP contribution in [-0.4, -0.2) is 49.6 Å². The van der Waals surface area contributed by atoms with Crippen molar-refractivity contribution in [2.75, 3.05) is 39.8 Å². The Morgan fingerprint density at radius 1 is 1.22 bits per heavy atom. The molecule has 2 rings (SSSR count). The maximum absolute atomic E-state index is 6.33. The number of hydrogen-bond acceptors (Lipinski definition) is 3. The first kappa shape index (κ1) is 13.5. The molecule has 0 spiro atoms. The Labute approximate surface area is 111 Å². The summed E-state index contributed by atoms with van der Waals surface area (Å²) in [6, 6.07) is 8.70. The molecule has 0 aliphatic carbocycles. The van der Waals surface area contributed by atoms with Crippen molar-refractivity contribution in [3.05, 3.63) is 35.4 Å². The van der Waals surface area contributed by atoms with Gasteiger partial charge in [-0.3, -0.25) is 0 Å². The van der Waals surface area contributed by atoms with Crippen molar-refractivity contribution in [2.24, 2.45) is 5.73 Å². The summed E-state index contributed by atoms with van der Waals surface area (Å²) in [5.74, 6) is 0. The van der Waals surface area contributed by atoms with E-state index in [2.05, 4.69) is 48.0 Å². The van der Waals surface area contributed by atoms with E-state index in [9.17, 15) is 0 Å². The third-order valence-corrected chi connectivity index (χ3v) is 3.74. The van der Waals surface area contributed by atoms with Gasteiger partial charge in [-0.25, -0.2) is 0 Å². The zero-order valence-corrected chi connectivity index (χ0v) is 11.6. The Balaban J connectivity index is 1.92. The van der Waals surface area contributed by atoms with Crippen molar-refractivity contribution < 1.29 is 0 Å². The molecule has 1 aromatic carbocycles. The first-order chi connectivity index (χ1) is 8.65. The lowest BCUT2D eigenvalue weighted by Crippen LogP contribution is -2.35.